The van der Waals surface area contributed by atoms with Crippen LogP contribution in [0.2, 0.25) is 0 Å². The molecule has 19 heteroatoms. The molecule has 4 heterocycles. The van der Waals surface area contributed by atoms with Crippen molar-refractivity contribution < 1.29 is 55.3 Å². The van der Waals surface area contributed by atoms with Gasteiger partial charge in [-0.2, -0.15) is 26.3 Å². The van der Waals surface area contributed by atoms with Gasteiger partial charge in [-0.15, -0.1) is 10.2 Å². The smallest absolute Gasteiger partial charge is 0.475 e. The lowest BCUT2D eigenvalue weighted by molar-refractivity contribution is -0.193. The number of hydrogen-bond acceptors (Lipinski definition) is 8. The second-order valence-corrected chi connectivity index (χ2v) is 11.4. The molecule has 2 N–H and O–H groups in total. The Morgan fingerprint density at radius 3 is 1.87 bits per heavy atom. The number of likely N-dealkylation sites (tertiary alicyclic amines) is 1. The molecule has 2 saturated heterocycles. The Balaban J connectivity index is 0.000000360. The van der Waals surface area contributed by atoms with Crippen LogP contribution in [0.5, 0.6) is 0 Å². The third kappa shape index (κ3) is 9.83. The summed E-state index contributed by atoms with van der Waals surface area (Å²) in [5.41, 5.74) is 0.936. The molecule has 0 saturated carbocycles. The molecule has 0 aliphatic carbocycles. The minimum Gasteiger partial charge on any atom is -0.475 e. The van der Waals surface area contributed by atoms with E-state index in [-0.39, 0.29) is 17.3 Å². The molecule has 3 aliphatic rings. The number of piperidine rings is 1. The first-order chi connectivity index (χ1) is 21.8. The molecule has 3 aliphatic heterocycles. The molecule has 0 bridgehead atoms. The molecule has 5 rings (SSSR count). The molecular formula is C28H36F7N7O5. The standard InChI is InChI=1S/C24H34FN7O.2C2HF3O2/c1-28-10-3-11-31(16-14-28)22(33)21-26-27-23-24(29(2)15-17-32(21)23)8-12-30(13-9-24)18-19-4-6-20(25)7-5-19;2*3-2(4,5)1(6)7/h4-7H,3,8-18H2,1-2H3;2*(H,6,7). The summed E-state index contributed by atoms with van der Waals surface area (Å²) in [6.45, 7) is 7.72. The first-order valence-corrected chi connectivity index (χ1v) is 14.5. The highest BCUT2D eigenvalue weighted by molar-refractivity contribution is 5.90. The zero-order valence-electron chi connectivity index (χ0n) is 25.7. The van der Waals surface area contributed by atoms with Gasteiger partial charge in [-0.3, -0.25) is 14.6 Å². The Kier molecular flexibility index (Phi) is 12.3. The monoisotopic (exact) mass is 683 g/mol. The van der Waals surface area contributed by atoms with Gasteiger partial charge in [0.15, 0.2) is 5.82 Å². The molecule has 262 valence electrons. The van der Waals surface area contributed by atoms with E-state index in [2.05, 4.69) is 43.6 Å². The molecule has 1 aromatic carbocycles. The fourth-order valence-electron chi connectivity index (χ4n) is 5.58. The van der Waals surface area contributed by atoms with Gasteiger partial charge < -0.3 is 24.6 Å². The molecule has 0 atom stereocenters. The SMILES string of the molecule is CN1CCCN(C(=O)c2nnc3n2CCN(C)C32CCN(Cc3ccc(F)cc3)CC2)CC1.O=C(O)C(F)(F)F.O=C(O)C(F)(F)F. The Hall–Kier alpha value is -3.84. The number of hydrogen-bond donors (Lipinski definition) is 2. The normalized spacial score (nSPS) is 19.0. The summed E-state index contributed by atoms with van der Waals surface area (Å²) in [6.07, 6.45) is -7.31. The van der Waals surface area contributed by atoms with E-state index >= 15 is 0 Å². The third-order valence-corrected chi connectivity index (χ3v) is 8.24. The Morgan fingerprint density at radius 2 is 1.34 bits per heavy atom. The van der Waals surface area contributed by atoms with Crippen LogP contribution in [0.1, 0.15) is 41.3 Å². The van der Waals surface area contributed by atoms with Crippen LogP contribution < -0.4 is 0 Å². The molecular weight excluding hydrogens is 647 g/mol. The number of carbonyl (C=O) groups is 3. The van der Waals surface area contributed by atoms with E-state index in [1.807, 2.05) is 17.0 Å². The van der Waals surface area contributed by atoms with Gasteiger partial charge >= 0.3 is 24.3 Å². The lowest BCUT2D eigenvalue weighted by atomic mass is 9.83. The molecule has 47 heavy (non-hydrogen) atoms. The second kappa shape index (κ2) is 15.4. The summed E-state index contributed by atoms with van der Waals surface area (Å²) in [5, 5.41) is 23.3. The van der Waals surface area contributed by atoms with Gasteiger partial charge in [-0.05, 0) is 57.6 Å². The number of likely N-dealkylation sites (N-methyl/N-ethyl adjacent to an activating group) is 2. The summed E-state index contributed by atoms with van der Waals surface area (Å²) in [6, 6.07) is 6.78. The van der Waals surface area contributed by atoms with Gasteiger partial charge in [-0.1, -0.05) is 12.1 Å². The van der Waals surface area contributed by atoms with Crippen molar-refractivity contribution >= 4 is 17.8 Å². The van der Waals surface area contributed by atoms with E-state index in [0.717, 1.165) is 89.6 Å². The maximum absolute atomic E-state index is 13.4. The second-order valence-electron chi connectivity index (χ2n) is 11.4. The Morgan fingerprint density at radius 1 is 0.787 bits per heavy atom. The number of alkyl halides is 6. The fourth-order valence-corrected chi connectivity index (χ4v) is 5.58. The summed E-state index contributed by atoms with van der Waals surface area (Å²) < 4.78 is 78.8. The molecule has 2 aromatic rings. The molecule has 1 amide bonds. The first kappa shape index (κ1) is 37.6. The van der Waals surface area contributed by atoms with Crippen LogP contribution in [0.25, 0.3) is 0 Å². The number of aromatic nitrogens is 3. The highest BCUT2D eigenvalue weighted by Crippen LogP contribution is 2.40. The van der Waals surface area contributed by atoms with Crippen LogP contribution in [0.15, 0.2) is 24.3 Å². The molecule has 0 unspecified atom stereocenters. The van der Waals surface area contributed by atoms with Gasteiger partial charge in [0.1, 0.15) is 5.82 Å². The fraction of sp³-hybridized carbons (Fsp3) is 0.607. The summed E-state index contributed by atoms with van der Waals surface area (Å²) in [4.78, 5) is 40.2. The van der Waals surface area contributed by atoms with Crippen molar-refractivity contribution in [2.24, 2.45) is 0 Å². The van der Waals surface area contributed by atoms with Gasteiger partial charge in [0.05, 0.1) is 5.54 Å². The lowest BCUT2D eigenvalue weighted by Crippen LogP contribution is -2.56. The average molecular weight is 684 g/mol. The predicted octanol–water partition coefficient (Wildman–Crippen LogP) is 2.90. The van der Waals surface area contributed by atoms with Crippen molar-refractivity contribution in [3.63, 3.8) is 0 Å². The summed E-state index contributed by atoms with van der Waals surface area (Å²) >= 11 is 0. The van der Waals surface area contributed by atoms with Crippen molar-refractivity contribution in [2.75, 3.05) is 59.9 Å². The maximum atomic E-state index is 13.4. The molecule has 1 aromatic heterocycles. The van der Waals surface area contributed by atoms with Crippen molar-refractivity contribution in [3.05, 3.63) is 47.3 Å². The van der Waals surface area contributed by atoms with Gasteiger partial charge in [0.2, 0.25) is 5.82 Å². The summed E-state index contributed by atoms with van der Waals surface area (Å²) in [7, 11) is 4.27. The van der Waals surface area contributed by atoms with E-state index < -0.39 is 24.3 Å². The molecule has 1 spiro atoms. The van der Waals surface area contributed by atoms with Crippen molar-refractivity contribution in [3.8, 4) is 0 Å². The predicted molar refractivity (Wildman–Crippen MR) is 151 cm³/mol. The lowest BCUT2D eigenvalue weighted by Gasteiger charge is -2.49. The topological polar surface area (TPSA) is 135 Å². The number of amides is 1. The van der Waals surface area contributed by atoms with E-state index in [4.69, 9.17) is 19.8 Å². The number of rotatable bonds is 3. The minimum absolute atomic E-state index is 0.0116. The molecule has 0 radical (unpaired) electrons. The zero-order chi connectivity index (χ0) is 35.2. The Bertz CT molecular complexity index is 1350. The first-order valence-electron chi connectivity index (χ1n) is 14.5. The largest absolute Gasteiger partial charge is 0.490 e. The number of halogens is 7. The average Bonchev–Trinajstić information content (AvgIpc) is 3.31. The van der Waals surface area contributed by atoms with Crippen molar-refractivity contribution in [2.45, 2.75) is 50.2 Å². The van der Waals surface area contributed by atoms with Gasteiger partial charge in [0.25, 0.3) is 5.91 Å². The minimum atomic E-state index is -5.08. The Labute approximate surface area is 265 Å². The maximum Gasteiger partial charge on any atom is 0.490 e. The molecule has 12 nitrogen and oxygen atoms in total. The number of carbonyl (C=O) groups excluding carboxylic acids is 1. The quantitative estimate of drug-likeness (QED) is 0.466. The van der Waals surface area contributed by atoms with Crippen LogP contribution >= 0.6 is 0 Å². The number of aliphatic carboxylic acids is 2. The van der Waals surface area contributed by atoms with Crippen LogP contribution in [-0.4, -0.2) is 135 Å². The van der Waals surface area contributed by atoms with E-state index in [1.165, 1.54) is 12.1 Å². The van der Waals surface area contributed by atoms with Crippen molar-refractivity contribution in [1.82, 2.24) is 34.4 Å². The number of fused-ring (bicyclic) bond motifs is 2. The van der Waals surface area contributed by atoms with Crippen LogP contribution in [0.4, 0.5) is 30.7 Å². The highest BCUT2D eigenvalue weighted by Gasteiger charge is 2.47. The zero-order valence-corrected chi connectivity index (χ0v) is 25.7. The third-order valence-electron chi connectivity index (χ3n) is 8.24. The number of carboxylic acids is 2. The van der Waals surface area contributed by atoms with Crippen LogP contribution in [0.3, 0.4) is 0 Å². The van der Waals surface area contributed by atoms with Crippen LogP contribution in [-0.2, 0) is 28.2 Å². The number of benzene rings is 1. The summed E-state index contributed by atoms with van der Waals surface area (Å²) in [5.74, 6) is -4.27. The van der Waals surface area contributed by atoms with E-state index in [1.54, 1.807) is 0 Å². The van der Waals surface area contributed by atoms with Crippen LogP contribution in [0, 0.1) is 5.82 Å². The number of carboxylic acid groups (broad SMARTS) is 2. The number of nitrogens with zero attached hydrogens (tertiary/aromatic N) is 7. The van der Waals surface area contributed by atoms with Crippen molar-refractivity contribution in [1.29, 1.82) is 0 Å². The van der Waals surface area contributed by atoms with E-state index in [0.29, 0.717) is 5.82 Å². The van der Waals surface area contributed by atoms with E-state index in [9.17, 15) is 35.5 Å². The van der Waals surface area contributed by atoms with Gasteiger partial charge in [-0.25, -0.2) is 14.0 Å². The molecule has 2 fully saturated rings. The van der Waals surface area contributed by atoms with Gasteiger partial charge in [0, 0.05) is 52.4 Å². The highest BCUT2D eigenvalue weighted by atomic mass is 19.4.